The standard InChI is InChI=1S/C43H68N2O6/c1-24(2)33-28(46)21-43(22-32(47)45-23-37(3,4)44)19-18-41(10)25(34(33)43)12-13-30-40(9)16-15-31(39(7,8)29(40)14-17-42(30,41)11)51-36(50)27-20-26(35(48)49)38(27,5)6/h24-27,29-31H,12-23,44H2,1-11H3,(H,45,47)(H,48,49)/t25-,26+,27-,29+,30-,31+,40+,41-,42-,43+/m1/s1. The number of hydrogen-bond donors (Lipinski definition) is 3. The van der Waals surface area contributed by atoms with Crippen LogP contribution >= 0.6 is 0 Å². The molecule has 5 saturated carbocycles. The zero-order valence-electron chi connectivity index (χ0n) is 33.6. The number of fused-ring (bicyclic) bond motifs is 7. The molecule has 0 spiro atoms. The maximum Gasteiger partial charge on any atom is 0.309 e. The highest BCUT2D eigenvalue weighted by Gasteiger charge is 2.70. The lowest BCUT2D eigenvalue weighted by molar-refractivity contribution is -0.236. The summed E-state index contributed by atoms with van der Waals surface area (Å²) in [4.78, 5) is 52.8. The van der Waals surface area contributed by atoms with E-state index in [1.807, 2.05) is 27.7 Å². The first kappa shape index (κ1) is 38.5. The molecule has 6 rings (SSSR count). The number of esters is 1. The summed E-state index contributed by atoms with van der Waals surface area (Å²) >= 11 is 0. The van der Waals surface area contributed by atoms with Crippen LogP contribution in [0.4, 0.5) is 0 Å². The Balaban J connectivity index is 1.26. The van der Waals surface area contributed by atoms with Crippen molar-refractivity contribution in [2.24, 2.45) is 73.7 Å². The van der Waals surface area contributed by atoms with E-state index in [0.717, 1.165) is 56.9 Å². The van der Waals surface area contributed by atoms with Gasteiger partial charge in [0.1, 0.15) is 6.10 Å². The van der Waals surface area contributed by atoms with Crippen LogP contribution in [0, 0.1) is 68.0 Å². The molecule has 0 aromatic rings. The SMILES string of the molecule is CC(C)C1=C2[C@H]3CC[C@@H]4[C@@]5(C)CC[C@H](OC(=O)[C@H]6C[C@@H](C(=O)O)C6(C)C)C(C)(C)[C@@H]5CC[C@@]4(C)[C@]3(C)CC[C@@]2(CC(=O)NCC(C)(C)N)CC1=O. The molecule has 0 unspecified atom stereocenters. The number of carbonyl (C=O) groups is 4. The van der Waals surface area contributed by atoms with Crippen LogP contribution in [0.3, 0.4) is 0 Å². The summed E-state index contributed by atoms with van der Waals surface area (Å²) in [6, 6.07) is 0. The number of ether oxygens (including phenoxy) is 1. The molecule has 10 atom stereocenters. The quantitative estimate of drug-likeness (QED) is 0.218. The fraction of sp³-hybridized carbons (Fsp3) is 0.860. The Morgan fingerprint density at radius 3 is 2.14 bits per heavy atom. The molecule has 5 fully saturated rings. The molecule has 286 valence electrons. The van der Waals surface area contributed by atoms with Crippen LogP contribution in [0.5, 0.6) is 0 Å². The van der Waals surface area contributed by atoms with Gasteiger partial charge in [-0.2, -0.15) is 0 Å². The van der Waals surface area contributed by atoms with Crippen LogP contribution in [0.1, 0.15) is 147 Å². The molecule has 6 aliphatic carbocycles. The number of carbonyl (C=O) groups excluding carboxylic acids is 3. The Morgan fingerprint density at radius 1 is 0.882 bits per heavy atom. The highest BCUT2D eigenvalue weighted by atomic mass is 16.5. The molecule has 0 aromatic carbocycles. The first-order valence-electron chi connectivity index (χ1n) is 20.1. The normalized spacial score (nSPS) is 42.6. The van der Waals surface area contributed by atoms with E-state index in [-0.39, 0.29) is 63.2 Å². The molecule has 6 aliphatic rings. The van der Waals surface area contributed by atoms with E-state index in [9.17, 15) is 24.3 Å². The molecule has 0 aromatic heterocycles. The molecule has 0 heterocycles. The van der Waals surface area contributed by atoms with Crippen molar-refractivity contribution in [1.29, 1.82) is 0 Å². The average molecular weight is 709 g/mol. The zero-order chi connectivity index (χ0) is 37.9. The summed E-state index contributed by atoms with van der Waals surface area (Å²) in [5.41, 5.74) is 7.00. The summed E-state index contributed by atoms with van der Waals surface area (Å²) in [6.45, 7) is 24.6. The predicted octanol–water partition coefficient (Wildman–Crippen LogP) is 7.87. The van der Waals surface area contributed by atoms with E-state index in [2.05, 4.69) is 53.8 Å². The molecule has 8 heteroatoms. The van der Waals surface area contributed by atoms with Crippen molar-refractivity contribution in [3.05, 3.63) is 11.1 Å². The highest BCUT2D eigenvalue weighted by Crippen LogP contribution is 2.77. The topological polar surface area (TPSA) is 136 Å². The molecule has 8 nitrogen and oxygen atoms in total. The maximum atomic E-state index is 13.9. The number of carboxylic acid groups (broad SMARTS) is 1. The Hall–Kier alpha value is -2.22. The zero-order valence-corrected chi connectivity index (χ0v) is 33.6. The van der Waals surface area contributed by atoms with E-state index in [4.69, 9.17) is 10.5 Å². The van der Waals surface area contributed by atoms with Gasteiger partial charge in [-0.15, -0.1) is 0 Å². The summed E-state index contributed by atoms with van der Waals surface area (Å²) in [5.74, 6) is -0.384. The molecule has 0 radical (unpaired) electrons. The van der Waals surface area contributed by atoms with Gasteiger partial charge in [0.25, 0.3) is 0 Å². The number of nitrogens with one attached hydrogen (secondary N) is 1. The van der Waals surface area contributed by atoms with Crippen LogP contribution in [-0.2, 0) is 23.9 Å². The van der Waals surface area contributed by atoms with Crippen LogP contribution in [-0.4, -0.2) is 46.9 Å². The molecule has 4 N–H and O–H groups in total. The number of hydrogen-bond acceptors (Lipinski definition) is 6. The molecule has 0 saturated heterocycles. The minimum Gasteiger partial charge on any atom is -0.481 e. The predicted molar refractivity (Wildman–Crippen MR) is 198 cm³/mol. The minimum atomic E-state index is -0.830. The van der Waals surface area contributed by atoms with Crippen molar-refractivity contribution in [1.82, 2.24) is 5.32 Å². The summed E-state index contributed by atoms with van der Waals surface area (Å²) in [5, 5.41) is 12.7. The smallest absolute Gasteiger partial charge is 0.309 e. The highest BCUT2D eigenvalue weighted by molar-refractivity contribution is 6.01. The van der Waals surface area contributed by atoms with Crippen molar-refractivity contribution < 1.29 is 29.0 Å². The third-order valence-corrected chi connectivity index (χ3v) is 16.9. The van der Waals surface area contributed by atoms with Gasteiger partial charge in [0.05, 0.1) is 11.8 Å². The second-order valence-electron chi connectivity index (χ2n) is 21.2. The lowest BCUT2D eigenvalue weighted by atomic mass is 9.33. The van der Waals surface area contributed by atoms with Gasteiger partial charge >= 0.3 is 11.9 Å². The van der Waals surface area contributed by atoms with E-state index in [1.165, 1.54) is 5.57 Å². The third kappa shape index (κ3) is 5.68. The summed E-state index contributed by atoms with van der Waals surface area (Å²) in [7, 11) is 0. The second-order valence-corrected chi connectivity index (χ2v) is 21.2. The average Bonchev–Trinajstić information content (AvgIpc) is 3.28. The number of Topliss-reactive ketones (excluding diaryl/α,β-unsaturated/α-hetero) is 1. The van der Waals surface area contributed by atoms with Gasteiger partial charge in [0.15, 0.2) is 5.78 Å². The van der Waals surface area contributed by atoms with Gasteiger partial charge in [-0.05, 0) is 123 Å². The van der Waals surface area contributed by atoms with Crippen LogP contribution in [0.2, 0.25) is 0 Å². The Labute approximate surface area is 307 Å². The van der Waals surface area contributed by atoms with Crippen LogP contribution < -0.4 is 11.1 Å². The fourth-order valence-corrected chi connectivity index (χ4v) is 13.8. The molecule has 51 heavy (non-hydrogen) atoms. The number of ketones is 1. The third-order valence-electron chi connectivity index (χ3n) is 16.9. The van der Waals surface area contributed by atoms with E-state index >= 15 is 0 Å². The van der Waals surface area contributed by atoms with Gasteiger partial charge in [0.2, 0.25) is 5.91 Å². The van der Waals surface area contributed by atoms with Gasteiger partial charge in [-0.3, -0.25) is 19.2 Å². The minimum absolute atomic E-state index is 0.00242. The van der Waals surface area contributed by atoms with Gasteiger partial charge in [0, 0.05) is 35.8 Å². The Bertz CT molecular complexity index is 1520. The summed E-state index contributed by atoms with van der Waals surface area (Å²) < 4.78 is 6.40. The monoisotopic (exact) mass is 709 g/mol. The van der Waals surface area contributed by atoms with Crippen molar-refractivity contribution in [2.45, 2.75) is 158 Å². The maximum absolute atomic E-state index is 13.9. The van der Waals surface area contributed by atoms with Gasteiger partial charge < -0.3 is 20.9 Å². The Kier molecular flexibility index (Phi) is 9.17. The molecule has 1 amide bonds. The molecular formula is C43H68N2O6. The Morgan fingerprint density at radius 2 is 1.55 bits per heavy atom. The lowest BCUT2D eigenvalue weighted by Gasteiger charge is -2.72. The van der Waals surface area contributed by atoms with E-state index < -0.39 is 28.3 Å². The van der Waals surface area contributed by atoms with Crippen molar-refractivity contribution in [3.63, 3.8) is 0 Å². The second kappa shape index (κ2) is 12.1. The largest absolute Gasteiger partial charge is 0.481 e. The van der Waals surface area contributed by atoms with E-state index in [0.29, 0.717) is 37.6 Å². The first-order valence-corrected chi connectivity index (χ1v) is 20.1. The van der Waals surface area contributed by atoms with Crippen molar-refractivity contribution in [2.75, 3.05) is 6.54 Å². The summed E-state index contributed by atoms with van der Waals surface area (Å²) in [6.07, 6.45) is 8.99. The van der Waals surface area contributed by atoms with Crippen molar-refractivity contribution >= 4 is 23.6 Å². The molecule has 0 bridgehead atoms. The van der Waals surface area contributed by atoms with Gasteiger partial charge in [-0.1, -0.05) is 67.9 Å². The van der Waals surface area contributed by atoms with Gasteiger partial charge in [-0.25, -0.2) is 0 Å². The number of allylic oxidation sites excluding steroid dienone is 2. The van der Waals surface area contributed by atoms with Crippen molar-refractivity contribution in [3.8, 4) is 0 Å². The number of carboxylic acids is 1. The number of rotatable bonds is 8. The number of aliphatic carboxylic acids is 1. The lowest BCUT2D eigenvalue weighted by Crippen LogP contribution is -2.66. The molecule has 0 aliphatic heterocycles. The van der Waals surface area contributed by atoms with E-state index in [1.54, 1.807) is 0 Å². The number of amides is 1. The molecular weight excluding hydrogens is 640 g/mol. The van der Waals surface area contributed by atoms with Crippen LogP contribution in [0.15, 0.2) is 11.1 Å². The fourth-order valence-electron chi connectivity index (χ4n) is 13.8. The van der Waals surface area contributed by atoms with Crippen LogP contribution in [0.25, 0.3) is 0 Å². The number of nitrogens with two attached hydrogens (primary N) is 1. The first-order chi connectivity index (χ1) is 23.4.